The summed E-state index contributed by atoms with van der Waals surface area (Å²) >= 11 is 1.47. The predicted octanol–water partition coefficient (Wildman–Crippen LogP) is 0.845. The van der Waals surface area contributed by atoms with Gasteiger partial charge in [0, 0.05) is 39.2 Å². The quantitative estimate of drug-likeness (QED) is 0.515. The van der Waals surface area contributed by atoms with Gasteiger partial charge in [0.2, 0.25) is 6.23 Å². The van der Waals surface area contributed by atoms with Crippen LogP contribution in [0.15, 0.2) is 53.7 Å². The van der Waals surface area contributed by atoms with Crippen molar-refractivity contribution in [1.82, 2.24) is 21.1 Å². The molecule has 158 valence electrons. The first-order valence-corrected chi connectivity index (χ1v) is 11.4. The summed E-state index contributed by atoms with van der Waals surface area (Å²) in [6.45, 7) is 2.16. The number of ether oxygens (including phenoxy) is 1. The molecule has 3 atom stereocenters. The zero-order chi connectivity index (χ0) is 20.5. The number of quaternary nitrogens is 1. The largest absolute Gasteiger partial charge is 0.324 e. The van der Waals surface area contributed by atoms with Crippen LogP contribution < -0.4 is 21.4 Å². The Labute approximate surface area is 180 Å². The fraction of sp³-hybridized carbons (Fsp3) is 0.409. The highest BCUT2D eigenvalue weighted by atomic mass is 32.1. The SMILES string of the molecule is CN1NC=C(NC(=O)c2cc(-c3ccccc3)cs2)C1C1OC1[NH2+]C1CCNCC1. The molecule has 4 heterocycles. The van der Waals surface area contributed by atoms with Crippen LogP contribution in [0.4, 0.5) is 0 Å². The van der Waals surface area contributed by atoms with Crippen LogP contribution in [0.25, 0.3) is 11.1 Å². The van der Waals surface area contributed by atoms with Crippen molar-refractivity contribution >= 4 is 17.2 Å². The minimum atomic E-state index is -0.0740. The number of carbonyl (C=O) groups is 1. The monoisotopic (exact) mass is 426 g/mol. The number of hydrazine groups is 1. The van der Waals surface area contributed by atoms with E-state index >= 15 is 0 Å². The number of likely N-dealkylation sites (N-methyl/N-ethyl adjacent to an activating group) is 1. The van der Waals surface area contributed by atoms with Crippen molar-refractivity contribution in [2.75, 3.05) is 20.1 Å². The molecule has 2 aromatic rings. The molecule has 0 saturated carbocycles. The second-order valence-electron chi connectivity index (χ2n) is 8.15. The van der Waals surface area contributed by atoms with Gasteiger partial charge in [0.1, 0.15) is 6.04 Å². The average molecular weight is 427 g/mol. The van der Waals surface area contributed by atoms with Gasteiger partial charge in [0.05, 0.1) is 16.6 Å². The number of nitrogens with zero attached hydrogens (tertiary/aromatic N) is 1. The number of piperidine rings is 1. The van der Waals surface area contributed by atoms with E-state index in [0.29, 0.717) is 10.9 Å². The van der Waals surface area contributed by atoms with Crippen LogP contribution in [0.2, 0.25) is 0 Å². The highest BCUT2D eigenvalue weighted by molar-refractivity contribution is 7.12. The molecule has 0 aliphatic carbocycles. The molecule has 2 saturated heterocycles. The average Bonchev–Trinajstić information content (AvgIpc) is 3.18. The normalized spacial score (nSPS) is 26.8. The molecule has 3 unspecified atom stereocenters. The number of thiophene rings is 1. The smallest absolute Gasteiger partial charge is 0.265 e. The first-order valence-electron chi connectivity index (χ1n) is 10.5. The van der Waals surface area contributed by atoms with Gasteiger partial charge in [-0.05, 0) is 22.6 Å². The van der Waals surface area contributed by atoms with Gasteiger partial charge in [0.15, 0.2) is 6.10 Å². The van der Waals surface area contributed by atoms with Gasteiger partial charge < -0.3 is 26.1 Å². The summed E-state index contributed by atoms with van der Waals surface area (Å²) in [5.74, 6) is -0.0740. The van der Waals surface area contributed by atoms with Gasteiger partial charge >= 0.3 is 0 Å². The third-order valence-electron chi connectivity index (χ3n) is 6.07. The van der Waals surface area contributed by atoms with Crippen molar-refractivity contribution in [3.8, 4) is 11.1 Å². The molecule has 5 N–H and O–H groups in total. The Morgan fingerprint density at radius 1 is 1.23 bits per heavy atom. The van der Waals surface area contributed by atoms with Crippen molar-refractivity contribution in [2.24, 2.45) is 0 Å². The molecule has 1 aromatic heterocycles. The Balaban J connectivity index is 1.21. The van der Waals surface area contributed by atoms with E-state index in [4.69, 9.17) is 4.74 Å². The number of nitrogens with two attached hydrogens (primary N) is 1. The first kappa shape index (κ1) is 19.7. The fourth-order valence-corrected chi connectivity index (χ4v) is 5.14. The summed E-state index contributed by atoms with van der Waals surface area (Å²) in [5.41, 5.74) is 6.26. The van der Waals surface area contributed by atoms with Crippen LogP contribution in [0.5, 0.6) is 0 Å². The standard InChI is InChI=1S/C22H27N5O2S/c1-27-19(20-22(29-20)25-16-7-9-23-10-8-16)17(12-24-27)26-21(28)18-11-15(13-30-18)14-5-3-2-4-6-14/h2-6,11-13,16,19-20,22-25H,7-10H2,1H3,(H,26,28)/p+1. The molecule has 8 heteroatoms. The number of rotatable bonds is 6. The lowest BCUT2D eigenvalue weighted by atomic mass is 10.1. The lowest BCUT2D eigenvalue weighted by Crippen LogP contribution is -2.93. The van der Waals surface area contributed by atoms with Gasteiger partial charge in [-0.15, -0.1) is 11.3 Å². The highest BCUT2D eigenvalue weighted by Crippen LogP contribution is 2.30. The zero-order valence-corrected chi connectivity index (χ0v) is 17.8. The molecule has 0 radical (unpaired) electrons. The predicted molar refractivity (Wildman–Crippen MR) is 116 cm³/mol. The van der Waals surface area contributed by atoms with Crippen molar-refractivity contribution in [1.29, 1.82) is 0 Å². The second kappa shape index (κ2) is 8.49. The lowest BCUT2D eigenvalue weighted by Gasteiger charge is -2.22. The minimum absolute atomic E-state index is 0.00507. The number of epoxide rings is 1. The van der Waals surface area contributed by atoms with Crippen molar-refractivity contribution < 1.29 is 14.8 Å². The fourth-order valence-electron chi connectivity index (χ4n) is 4.33. The molecule has 5 rings (SSSR count). The molecule has 1 amide bonds. The van der Waals surface area contributed by atoms with Crippen molar-refractivity contribution in [2.45, 2.75) is 37.3 Å². The summed E-state index contributed by atoms with van der Waals surface area (Å²) in [6, 6.07) is 12.7. The Hall–Kier alpha value is -2.23. The van der Waals surface area contributed by atoms with Crippen LogP contribution in [0, 0.1) is 0 Å². The molecule has 0 spiro atoms. The van der Waals surface area contributed by atoms with E-state index in [1.165, 1.54) is 24.2 Å². The first-order chi connectivity index (χ1) is 14.7. The van der Waals surface area contributed by atoms with Crippen LogP contribution in [0.1, 0.15) is 22.5 Å². The number of amides is 1. The van der Waals surface area contributed by atoms with Gasteiger partial charge in [-0.2, -0.15) is 0 Å². The lowest BCUT2D eigenvalue weighted by molar-refractivity contribution is -0.718. The number of benzene rings is 1. The number of nitrogens with one attached hydrogen (secondary N) is 3. The van der Waals surface area contributed by atoms with E-state index in [1.54, 1.807) is 0 Å². The molecular weight excluding hydrogens is 398 g/mol. The summed E-state index contributed by atoms with van der Waals surface area (Å²) in [5, 5.41) is 12.9. The maximum atomic E-state index is 12.9. The number of hydrogen-bond acceptors (Lipinski definition) is 6. The van der Waals surface area contributed by atoms with Crippen LogP contribution in [-0.4, -0.2) is 55.5 Å². The molecule has 0 bridgehead atoms. The maximum absolute atomic E-state index is 12.9. The highest BCUT2D eigenvalue weighted by Gasteiger charge is 2.54. The topological polar surface area (TPSA) is 85.5 Å². The Bertz CT molecular complexity index is 925. The summed E-state index contributed by atoms with van der Waals surface area (Å²) < 4.78 is 6.01. The number of hydrogen-bond donors (Lipinski definition) is 4. The minimum Gasteiger partial charge on any atom is -0.324 e. The van der Waals surface area contributed by atoms with E-state index in [9.17, 15) is 4.79 Å². The zero-order valence-electron chi connectivity index (χ0n) is 17.0. The van der Waals surface area contributed by atoms with Crippen LogP contribution in [0.3, 0.4) is 0 Å². The molecule has 3 aliphatic heterocycles. The van der Waals surface area contributed by atoms with Gasteiger partial charge in [-0.25, -0.2) is 5.01 Å². The van der Waals surface area contributed by atoms with Crippen molar-refractivity contribution in [3.63, 3.8) is 0 Å². The Kier molecular flexibility index (Phi) is 5.58. The summed E-state index contributed by atoms with van der Waals surface area (Å²) in [6.07, 6.45) is 4.46. The molecule has 2 fully saturated rings. The van der Waals surface area contributed by atoms with Crippen LogP contribution >= 0.6 is 11.3 Å². The third-order valence-corrected chi connectivity index (χ3v) is 7.00. The second-order valence-corrected chi connectivity index (χ2v) is 9.06. The van der Waals surface area contributed by atoms with E-state index in [0.717, 1.165) is 29.9 Å². The number of carbonyl (C=O) groups excluding carboxylic acids is 1. The maximum Gasteiger partial charge on any atom is 0.265 e. The molecule has 1 aromatic carbocycles. The molecule has 7 nitrogen and oxygen atoms in total. The van der Waals surface area contributed by atoms with E-state index < -0.39 is 0 Å². The van der Waals surface area contributed by atoms with Crippen molar-refractivity contribution in [3.05, 3.63) is 58.6 Å². The van der Waals surface area contributed by atoms with E-state index in [1.807, 2.05) is 47.9 Å². The Morgan fingerprint density at radius 3 is 2.83 bits per heavy atom. The Morgan fingerprint density at radius 2 is 2.03 bits per heavy atom. The van der Waals surface area contributed by atoms with E-state index in [2.05, 4.69) is 33.5 Å². The molecule has 3 aliphatic rings. The third kappa shape index (κ3) is 4.14. The summed E-state index contributed by atoms with van der Waals surface area (Å²) in [7, 11) is 1.99. The molecule has 30 heavy (non-hydrogen) atoms. The summed E-state index contributed by atoms with van der Waals surface area (Å²) in [4.78, 5) is 13.6. The van der Waals surface area contributed by atoms with Gasteiger partial charge in [-0.3, -0.25) is 4.79 Å². The van der Waals surface area contributed by atoms with E-state index in [-0.39, 0.29) is 24.3 Å². The van der Waals surface area contributed by atoms with Gasteiger partial charge in [-0.1, -0.05) is 30.3 Å². The van der Waals surface area contributed by atoms with Gasteiger partial charge in [0.25, 0.3) is 5.91 Å². The molecular formula is C22H28N5O2S+. The van der Waals surface area contributed by atoms with Crippen LogP contribution in [-0.2, 0) is 4.74 Å².